The lowest BCUT2D eigenvalue weighted by atomic mass is 9.87. The molecule has 2 nitrogen and oxygen atoms in total. The highest BCUT2D eigenvalue weighted by molar-refractivity contribution is 5.48. The fourth-order valence-electron chi connectivity index (χ4n) is 2.89. The summed E-state index contributed by atoms with van der Waals surface area (Å²) in [7, 11) is 0. The van der Waals surface area contributed by atoms with E-state index in [1.54, 1.807) is 12.1 Å². The van der Waals surface area contributed by atoms with Gasteiger partial charge in [0.15, 0.2) is 0 Å². The molecule has 1 N–H and O–H groups in total. The average Bonchev–Trinajstić information content (AvgIpc) is 2.49. The molecule has 110 valence electrons. The molecule has 1 fully saturated rings. The third kappa shape index (κ3) is 4.73. The van der Waals surface area contributed by atoms with E-state index in [2.05, 4.69) is 24.8 Å². The highest BCUT2D eigenvalue weighted by atomic mass is 19.1. The highest BCUT2D eigenvalue weighted by Gasteiger charge is 2.28. The Kier molecular flexibility index (Phi) is 4.95. The maximum atomic E-state index is 12.8. The van der Waals surface area contributed by atoms with E-state index in [9.17, 15) is 9.50 Å². The fraction of sp³-hybridized carbons (Fsp3) is 0.529. The van der Waals surface area contributed by atoms with Gasteiger partial charge in [0.2, 0.25) is 0 Å². The average molecular weight is 277 g/mol. The zero-order valence-corrected chi connectivity index (χ0v) is 12.3. The van der Waals surface area contributed by atoms with Gasteiger partial charge in [-0.25, -0.2) is 4.39 Å². The quantitative estimate of drug-likeness (QED) is 0.916. The number of halogens is 1. The first-order valence-corrected chi connectivity index (χ1v) is 7.27. The van der Waals surface area contributed by atoms with E-state index in [-0.39, 0.29) is 17.3 Å². The van der Waals surface area contributed by atoms with E-state index in [1.165, 1.54) is 12.1 Å². The molecule has 20 heavy (non-hydrogen) atoms. The van der Waals surface area contributed by atoms with Crippen LogP contribution in [0.3, 0.4) is 0 Å². The molecular weight excluding hydrogens is 253 g/mol. The summed E-state index contributed by atoms with van der Waals surface area (Å²) in [6.45, 7) is 7.21. The van der Waals surface area contributed by atoms with Crippen molar-refractivity contribution in [3.05, 3.63) is 41.7 Å². The summed E-state index contributed by atoms with van der Waals surface area (Å²) in [4.78, 5) is 2.37. The molecule has 1 aliphatic heterocycles. The van der Waals surface area contributed by atoms with Crippen molar-refractivity contribution in [2.24, 2.45) is 5.41 Å². The third-order valence-corrected chi connectivity index (χ3v) is 3.76. The van der Waals surface area contributed by atoms with Gasteiger partial charge in [0.1, 0.15) is 5.82 Å². The van der Waals surface area contributed by atoms with Crippen LogP contribution < -0.4 is 0 Å². The number of aliphatic hydroxyl groups excluding tert-OH is 1. The van der Waals surface area contributed by atoms with Crippen LogP contribution in [0.4, 0.5) is 4.39 Å². The fourth-order valence-corrected chi connectivity index (χ4v) is 2.89. The molecule has 2 rings (SSSR count). The summed E-state index contributed by atoms with van der Waals surface area (Å²) in [6, 6.07) is 6.51. The third-order valence-electron chi connectivity index (χ3n) is 3.76. The topological polar surface area (TPSA) is 23.5 Å². The molecule has 0 spiro atoms. The summed E-state index contributed by atoms with van der Waals surface area (Å²) in [5.74, 6) is -0.203. The maximum Gasteiger partial charge on any atom is 0.123 e. The van der Waals surface area contributed by atoms with Crippen LogP contribution in [0.1, 0.15) is 32.3 Å². The minimum absolute atomic E-state index is 0.152. The van der Waals surface area contributed by atoms with Crippen LogP contribution in [0.15, 0.2) is 30.3 Å². The van der Waals surface area contributed by atoms with Gasteiger partial charge in [0, 0.05) is 19.6 Å². The van der Waals surface area contributed by atoms with Crippen molar-refractivity contribution in [3.63, 3.8) is 0 Å². The number of rotatable bonds is 3. The second-order valence-electron chi connectivity index (χ2n) is 6.50. The van der Waals surface area contributed by atoms with Gasteiger partial charge in [-0.2, -0.15) is 0 Å². The van der Waals surface area contributed by atoms with Gasteiger partial charge >= 0.3 is 0 Å². The maximum absolute atomic E-state index is 12.8. The largest absolute Gasteiger partial charge is 0.393 e. The molecule has 0 saturated carbocycles. The minimum atomic E-state index is -0.203. The van der Waals surface area contributed by atoms with Gasteiger partial charge in [-0.15, -0.1) is 0 Å². The van der Waals surface area contributed by atoms with E-state index < -0.39 is 0 Å². The summed E-state index contributed by atoms with van der Waals surface area (Å²) in [5, 5.41) is 9.89. The zero-order valence-electron chi connectivity index (χ0n) is 12.3. The SMILES string of the molecule is CC1(C)C[C@@H](O)CCN(C/C=C/c2ccc(F)cc2)C1. The van der Waals surface area contributed by atoms with Crippen molar-refractivity contribution in [1.29, 1.82) is 0 Å². The lowest BCUT2D eigenvalue weighted by molar-refractivity contribution is 0.122. The van der Waals surface area contributed by atoms with Crippen LogP contribution >= 0.6 is 0 Å². The Morgan fingerprint density at radius 2 is 2.05 bits per heavy atom. The number of aliphatic hydroxyl groups is 1. The predicted octanol–water partition coefficient (Wildman–Crippen LogP) is 3.32. The molecule has 0 unspecified atom stereocenters. The molecule has 1 aliphatic rings. The first-order valence-electron chi connectivity index (χ1n) is 7.27. The van der Waals surface area contributed by atoms with E-state index in [0.29, 0.717) is 0 Å². The van der Waals surface area contributed by atoms with Crippen LogP contribution in [-0.4, -0.2) is 35.7 Å². The monoisotopic (exact) mass is 277 g/mol. The molecule has 1 aromatic rings. The van der Waals surface area contributed by atoms with Crippen molar-refractivity contribution >= 4 is 6.08 Å². The molecule has 0 amide bonds. The second kappa shape index (κ2) is 6.51. The molecule has 1 aromatic carbocycles. The Labute approximate surface area is 120 Å². The molecule has 0 aliphatic carbocycles. The van der Waals surface area contributed by atoms with E-state index >= 15 is 0 Å². The van der Waals surface area contributed by atoms with Gasteiger partial charge in [-0.3, -0.25) is 4.90 Å². The molecule has 0 bridgehead atoms. The minimum Gasteiger partial charge on any atom is -0.393 e. The van der Waals surface area contributed by atoms with E-state index in [1.807, 2.05) is 6.08 Å². The lowest BCUT2D eigenvalue weighted by Gasteiger charge is -2.28. The first-order chi connectivity index (χ1) is 9.44. The Morgan fingerprint density at radius 3 is 2.75 bits per heavy atom. The second-order valence-corrected chi connectivity index (χ2v) is 6.50. The van der Waals surface area contributed by atoms with Crippen molar-refractivity contribution in [1.82, 2.24) is 4.90 Å². The standard InChI is InChI=1S/C17H24FNO/c1-17(2)12-16(20)9-11-19(13-17)10-3-4-14-5-7-15(18)8-6-14/h3-8,16,20H,9-13H2,1-2H3/b4-3+/t16-/m0/s1. The zero-order chi connectivity index (χ0) is 14.6. The molecule has 1 atom stereocenters. The predicted molar refractivity (Wildman–Crippen MR) is 80.9 cm³/mol. The number of hydrogen-bond acceptors (Lipinski definition) is 2. The van der Waals surface area contributed by atoms with Crippen molar-refractivity contribution in [3.8, 4) is 0 Å². The molecule has 1 saturated heterocycles. The number of benzene rings is 1. The molecule has 1 heterocycles. The molecule has 3 heteroatoms. The van der Waals surface area contributed by atoms with E-state index in [0.717, 1.165) is 38.0 Å². The normalized spacial score (nSPS) is 23.9. The van der Waals surface area contributed by atoms with Crippen LogP contribution in [0.5, 0.6) is 0 Å². The summed E-state index contributed by atoms with van der Waals surface area (Å²) in [5.41, 5.74) is 1.17. The van der Waals surface area contributed by atoms with Crippen molar-refractivity contribution < 1.29 is 9.50 Å². The number of hydrogen-bond donors (Lipinski definition) is 1. The van der Waals surface area contributed by atoms with Gasteiger partial charge < -0.3 is 5.11 Å². The first kappa shape index (κ1) is 15.2. The van der Waals surface area contributed by atoms with Crippen LogP contribution in [0.2, 0.25) is 0 Å². The van der Waals surface area contributed by atoms with Gasteiger partial charge in [0.05, 0.1) is 6.10 Å². The summed E-state index contributed by atoms with van der Waals surface area (Å²) >= 11 is 0. The number of likely N-dealkylation sites (tertiary alicyclic amines) is 1. The van der Waals surface area contributed by atoms with Crippen molar-refractivity contribution in [2.75, 3.05) is 19.6 Å². The smallest absolute Gasteiger partial charge is 0.123 e. The van der Waals surface area contributed by atoms with Crippen LogP contribution in [0.25, 0.3) is 6.08 Å². The Morgan fingerprint density at radius 1 is 1.35 bits per heavy atom. The van der Waals surface area contributed by atoms with Crippen molar-refractivity contribution in [2.45, 2.75) is 32.8 Å². The molecule has 0 radical (unpaired) electrons. The summed E-state index contributed by atoms with van der Waals surface area (Å²) in [6.07, 6.45) is 5.66. The van der Waals surface area contributed by atoms with Gasteiger partial charge in [-0.1, -0.05) is 38.1 Å². The van der Waals surface area contributed by atoms with Crippen LogP contribution in [-0.2, 0) is 0 Å². The van der Waals surface area contributed by atoms with E-state index in [4.69, 9.17) is 0 Å². The summed E-state index contributed by atoms with van der Waals surface area (Å²) < 4.78 is 12.8. The Hall–Kier alpha value is -1.19. The van der Waals surface area contributed by atoms with Gasteiger partial charge in [0.25, 0.3) is 0 Å². The van der Waals surface area contributed by atoms with Crippen LogP contribution in [0, 0.1) is 11.2 Å². The highest BCUT2D eigenvalue weighted by Crippen LogP contribution is 2.28. The van der Waals surface area contributed by atoms with Gasteiger partial charge in [-0.05, 0) is 36.0 Å². The molecule has 0 aromatic heterocycles. The number of nitrogens with zero attached hydrogens (tertiary/aromatic N) is 1. The Balaban J connectivity index is 1.91. The molecular formula is C17H24FNO. The Bertz CT molecular complexity index is 453. The lowest BCUT2D eigenvalue weighted by Crippen LogP contribution is -2.32.